The second-order valence-corrected chi connectivity index (χ2v) is 6.41. The minimum absolute atomic E-state index is 0.162. The second-order valence-electron chi connectivity index (χ2n) is 4.70. The molecule has 0 amide bonds. The van der Waals surface area contributed by atoms with Crippen molar-refractivity contribution in [1.82, 2.24) is 0 Å². The van der Waals surface area contributed by atoms with Gasteiger partial charge < -0.3 is 18.9 Å². The summed E-state index contributed by atoms with van der Waals surface area (Å²) in [6.07, 6.45) is 1.39. The second kappa shape index (κ2) is 12.5. The van der Waals surface area contributed by atoms with E-state index in [4.69, 9.17) is 32.5 Å². The summed E-state index contributed by atoms with van der Waals surface area (Å²) in [5, 5.41) is 0. The molecule has 1 rings (SSSR count). The Morgan fingerprint density at radius 2 is 1.30 bits per heavy atom. The molecule has 27 heavy (non-hydrogen) atoms. The Labute approximate surface area is 156 Å². The van der Waals surface area contributed by atoms with Gasteiger partial charge in [-0.2, -0.15) is 4.89 Å². The number of ether oxygens (including phenoxy) is 4. The zero-order valence-corrected chi connectivity index (χ0v) is 15.5. The van der Waals surface area contributed by atoms with Crippen LogP contribution in [0.2, 0.25) is 0 Å². The normalized spacial score (nSPS) is 15.5. The molecule has 1 unspecified atom stereocenters. The molecule has 1 N–H and O–H groups in total. The number of carbonyl (C=O) groups excluding carboxylic acids is 3. The van der Waals surface area contributed by atoms with Gasteiger partial charge in [0.15, 0.2) is 6.10 Å². The Kier molecular flexibility index (Phi) is 10.7. The Hall–Kier alpha value is -1.88. The van der Waals surface area contributed by atoms with E-state index in [1.807, 2.05) is 0 Å². The van der Waals surface area contributed by atoms with E-state index in [0.29, 0.717) is 6.61 Å². The monoisotopic (exact) mass is 409 g/mol. The molecule has 0 saturated carbocycles. The number of carbonyl (C=O) groups is 3. The lowest BCUT2D eigenvalue weighted by Crippen LogP contribution is -2.18. The molecular formula is C15H22O11P+. The Balaban J connectivity index is 2.35. The highest BCUT2D eigenvalue weighted by molar-refractivity contribution is 7.55. The highest BCUT2D eigenvalue weighted by atomic mass is 31.2. The van der Waals surface area contributed by atoms with Gasteiger partial charge in [-0.05, 0) is 0 Å². The van der Waals surface area contributed by atoms with Crippen LogP contribution in [0.3, 0.4) is 0 Å². The summed E-state index contributed by atoms with van der Waals surface area (Å²) in [5.74, 6) is -1.85. The van der Waals surface area contributed by atoms with E-state index in [1.54, 1.807) is 0 Å². The van der Waals surface area contributed by atoms with E-state index >= 15 is 0 Å². The summed E-state index contributed by atoms with van der Waals surface area (Å²) in [6, 6.07) is 0. The highest BCUT2D eigenvalue weighted by Crippen LogP contribution is 2.57. The minimum Gasteiger partial charge on any atom is -0.461 e. The van der Waals surface area contributed by atoms with Crippen LogP contribution < -0.4 is 0 Å². The number of epoxide rings is 1. The molecule has 1 atom stereocenters. The zero-order chi connectivity index (χ0) is 20.1. The highest BCUT2D eigenvalue weighted by Gasteiger charge is 2.45. The Bertz CT molecular complexity index is 504. The maximum absolute atomic E-state index is 11.3. The Morgan fingerprint density at radius 3 is 1.67 bits per heavy atom. The van der Waals surface area contributed by atoms with Gasteiger partial charge in [0.1, 0.15) is 39.6 Å². The summed E-state index contributed by atoms with van der Waals surface area (Å²) in [6.45, 7) is 5.58. The molecule has 1 saturated heterocycles. The fraction of sp³-hybridized carbons (Fsp3) is 0.533. The third kappa shape index (κ3) is 10.8. The summed E-state index contributed by atoms with van der Waals surface area (Å²) in [4.78, 5) is 43.5. The van der Waals surface area contributed by atoms with Gasteiger partial charge >= 0.3 is 26.1 Å². The van der Waals surface area contributed by atoms with E-state index in [2.05, 4.69) is 13.2 Å². The van der Waals surface area contributed by atoms with Crippen molar-refractivity contribution in [2.24, 2.45) is 0 Å². The predicted octanol–water partition coefficient (Wildman–Crippen LogP) is 0.107. The quantitative estimate of drug-likeness (QED) is 0.0984. The van der Waals surface area contributed by atoms with Crippen LogP contribution in [0.5, 0.6) is 0 Å². The van der Waals surface area contributed by atoms with Crippen LogP contribution in [0.4, 0.5) is 0 Å². The van der Waals surface area contributed by atoms with Crippen molar-refractivity contribution in [3.05, 3.63) is 25.3 Å². The third-order valence-electron chi connectivity index (χ3n) is 2.68. The van der Waals surface area contributed by atoms with Crippen LogP contribution in [0.1, 0.15) is 0 Å². The van der Waals surface area contributed by atoms with Gasteiger partial charge in [0, 0.05) is 12.2 Å². The standard InChI is InChI=1S/C15H22O11P/c1-3-13(16)20-5-8-24-27(19,25-9-6-21-14(17)4-2)26-10-7-22-15(18)12-11-23-12/h3-4,12,19H,1-2,5-11H2/q+1. The van der Waals surface area contributed by atoms with Crippen LogP contribution in [0.25, 0.3) is 0 Å². The molecule has 0 aromatic heterocycles. The molecule has 0 aromatic rings. The molecule has 1 fully saturated rings. The lowest BCUT2D eigenvalue weighted by molar-refractivity contribution is -0.146. The number of esters is 3. The van der Waals surface area contributed by atoms with Crippen molar-refractivity contribution >= 4 is 26.1 Å². The first-order chi connectivity index (χ1) is 12.9. The van der Waals surface area contributed by atoms with Crippen molar-refractivity contribution in [3.63, 3.8) is 0 Å². The van der Waals surface area contributed by atoms with E-state index < -0.39 is 32.2 Å². The van der Waals surface area contributed by atoms with Gasteiger partial charge in [0.05, 0.1) is 6.61 Å². The van der Waals surface area contributed by atoms with Crippen molar-refractivity contribution in [2.45, 2.75) is 6.10 Å². The van der Waals surface area contributed by atoms with Gasteiger partial charge in [0.2, 0.25) is 0 Å². The molecule has 1 aliphatic rings. The van der Waals surface area contributed by atoms with Gasteiger partial charge in [0.25, 0.3) is 0 Å². The molecule has 1 aliphatic heterocycles. The summed E-state index contributed by atoms with van der Waals surface area (Å²) in [7, 11) is -3.83. The van der Waals surface area contributed by atoms with E-state index in [-0.39, 0.29) is 39.6 Å². The van der Waals surface area contributed by atoms with Gasteiger partial charge in [-0.25, -0.2) is 14.4 Å². The van der Waals surface area contributed by atoms with E-state index in [9.17, 15) is 19.3 Å². The molecule has 0 aliphatic carbocycles. The molecule has 152 valence electrons. The first-order valence-electron chi connectivity index (χ1n) is 7.82. The molecule has 0 bridgehead atoms. The largest absolute Gasteiger partial charge is 0.572 e. The fourth-order valence-electron chi connectivity index (χ4n) is 1.39. The third-order valence-corrected chi connectivity index (χ3v) is 4.20. The number of rotatable bonds is 15. The summed E-state index contributed by atoms with van der Waals surface area (Å²) >= 11 is 0. The zero-order valence-electron chi connectivity index (χ0n) is 14.6. The summed E-state index contributed by atoms with van der Waals surface area (Å²) < 4.78 is 34.3. The first-order valence-corrected chi connectivity index (χ1v) is 9.32. The van der Waals surface area contributed by atoms with E-state index in [1.165, 1.54) is 0 Å². The average Bonchev–Trinajstić information content (AvgIpc) is 3.50. The van der Waals surface area contributed by atoms with Crippen LogP contribution in [-0.4, -0.2) is 75.2 Å². The SMILES string of the molecule is C=CC(=O)OCCO[P+](O)(OCCOC(=O)C=C)OCCOC(=O)C1CO1. The minimum atomic E-state index is -3.83. The average molecular weight is 409 g/mol. The predicted molar refractivity (Wildman–Crippen MR) is 90.0 cm³/mol. The summed E-state index contributed by atoms with van der Waals surface area (Å²) in [5.41, 5.74) is 0. The van der Waals surface area contributed by atoms with Crippen LogP contribution >= 0.6 is 8.17 Å². The molecule has 0 spiro atoms. The molecule has 0 radical (unpaired) electrons. The van der Waals surface area contributed by atoms with Crippen molar-refractivity contribution in [1.29, 1.82) is 0 Å². The number of hydrogen-bond acceptors (Lipinski definition) is 11. The smallest absolute Gasteiger partial charge is 0.461 e. The fourth-order valence-corrected chi connectivity index (χ4v) is 2.53. The first kappa shape index (κ1) is 23.2. The van der Waals surface area contributed by atoms with Crippen molar-refractivity contribution < 1.29 is 51.8 Å². The molecule has 0 aromatic carbocycles. The topological polar surface area (TPSA) is 139 Å². The van der Waals surface area contributed by atoms with Gasteiger partial charge in [-0.3, -0.25) is 0 Å². The van der Waals surface area contributed by atoms with Crippen LogP contribution in [-0.2, 0) is 46.9 Å². The van der Waals surface area contributed by atoms with Gasteiger partial charge in [-0.15, -0.1) is 13.6 Å². The van der Waals surface area contributed by atoms with Crippen molar-refractivity contribution in [3.8, 4) is 0 Å². The van der Waals surface area contributed by atoms with Crippen molar-refractivity contribution in [2.75, 3.05) is 46.2 Å². The number of hydrogen-bond donors (Lipinski definition) is 1. The Morgan fingerprint density at radius 1 is 0.889 bits per heavy atom. The van der Waals surface area contributed by atoms with Crippen LogP contribution in [0, 0.1) is 0 Å². The van der Waals surface area contributed by atoms with Crippen LogP contribution in [0.15, 0.2) is 25.3 Å². The molecule has 1 heterocycles. The maximum Gasteiger partial charge on any atom is 0.572 e. The molecule has 11 nitrogen and oxygen atoms in total. The van der Waals surface area contributed by atoms with E-state index in [0.717, 1.165) is 12.2 Å². The molecule has 12 heteroatoms. The lowest BCUT2D eigenvalue weighted by Gasteiger charge is -2.15. The molecular weight excluding hydrogens is 387 g/mol. The van der Waals surface area contributed by atoms with Gasteiger partial charge in [-0.1, -0.05) is 13.2 Å². The maximum atomic E-state index is 11.3. The lowest BCUT2D eigenvalue weighted by atomic mass is 10.5.